The van der Waals surface area contributed by atoms with Crippen molar-refractivity contribution in [2.75, 3.05) is 0 Å². The summed E-state index contributed by atoms with van der Waals surface area (Å²) in [5.41, 5.74) is -0.905. The molecule has 1 rings (SSSR count). The Labute approximate surface area is 92.0 Å². The molecule has 0 spiro atoms. The van der Waals surface area contributed by atoms with E-state index in [0.717, 1.165) is 12.1 Å². The fourth-order valence-corrected chi connectivity index (χ4v) is 1.67. The fraction of sp³-hybridized carbons (Fsp3) is 0. The molecule has 15 heavy (non-hydrogen) atoms. The third-order valence-corrected chi connectivity index (χ3v) is 2.46. The molecule has 0 radical (unpaired) electrons. The van der Waals surface area contributed by atoms with Gasteiger partial charge in [-0.1, -0.05) is 0 Å². The van der Waals surface area contributed by atoms with Crippen LogP contribution in [0.4, 0.5) is 5.69 Å². The number of nitro benzene ring substituents is 1. The van der Waals surface area contributed by atoms with Crippen LogP contribution in [0, 0.1) is 21.4 Å². The number of nitro groups is 1. The summed E-state index contributed by atoms with van der Waals surface area (Å²) < 4.78 is -0.195. The monoisotopic (exact) mass is 270 g/mol. The second-order valence-corrected chi connectivity index (χ2v) is 3.29. The van der Waals surface area contributed by atoms with E-state index in [2.05, 4.69) is 15.9 Å². The molecule has 76 valence electrons. The van der Waals surface area contributed by atoms with Crippen molar-refractivity contribution in [1.29, 1.82) is 5.26 Å². The van der Waals surface area contributed by atoms with Crippen LogP contribution in [0.5, 0.6) is 0 Å². The Kier molecular flexibility index (Phi) is 3.01. The quantitative estimate of drug-likeness (QED) is 0.653. The lowest BCUT2D eigenvalue weighted by Crippen LogP contribution is -2.04. The molecule has 0 atom stereocenters. The third-order valence-electron chi connectivity index (χ3n) is 1.65. The maximum Gasteiger partial charge on any atom is 0.338 e. The Balaban J connectivity index is 3.58. The van der Waals surface area contributed by atoms with E-state index in [1.165, 1.54) is 0 Å². The molecule has 0 aliphatic carbocycles. The van der Waals surface area contributed by atoms with E-state index in [0.29, 0.717) is 0 Å². The van der Waals surface area contributed by atoms with Gasteiger partial charge in [0.2, 0.25) is 0 Å². The van der Waals surface area contributed by atoms with Gasteiger partial charge in [-0.3, -0.25) is 10.1 Å². The first-order chi connectivity index (χ1) is 6.99. The number of rotatable bonds is 2. The minimum atomic E-state index is -1.39. The highest BCUT2D eigenvalue weighted by atomic mass is 79.9. The van der Waals surface area contributed by atoms with Gasteiger partial charge in [0.05, 0.1) is 16.1 Å². The van der Waals surface area contributed by atoms with Gasteiger partial charge < -0.3 is 5.11 Å². The summed E-state index contributed by atoms with van der Waals surface area (Å²) in [5, 5.41) is 27.9. The molecule has 1 N–H and O–H groups in total. The van der Waals surface area contributed by atoms with Gasteiger partial charge in [0.15, 0.2) is 0 Å². The summed E-state index contributed by atoms with van der Waals surface area (Å²) in [4.78, 5) is 20.5. The first-order valence-electron chi connectivity index (χ1n) is 3.59. The van der Waals surface area contributed by atoms with E-state index in [1.54, 1.807) is 6.07 Å². The van der Waals surface area contributed by atoms with Gasteiger partial charge in [0.25, 0.3) is 5.69 Å². The average Bonchev–Trinajstić information content (AvgIpc) is 2.15. The molecule has 0 heterocycles. The van der Waals surface area contributed by atoms with E-state index in [1.807, 2.05) is 0 Å². The molecule has 0 aliphatic rings. The molecule has 0 fully saturated rings. The highest BCUT2D eigenvalue weighted by Crippen LogP contribution is 2.30. The van der Waals surface area contributed by atoms with Crippen LogP contribution in [-0.4, -0.2) is 16.0 Å². The van der Waals surface area contributed by atoms with Gasteiger partial charge in [-0.25, -0.2) is 4.79 Å². The molecular formula is C8H3BrN2O4. The zero-order valence-electron chi connectivity index (χ0n) is 7.10. The van der Waals surface area contributed by atoms with Crippen molar-refractivity contribution in [3.63, 3.8) is 0 Å². The van der Waals surface area contributed by atoms with Gasteiger partial charge in [0.1, 0.15) is 10.5 Å². The van der Waals surface area contributed by atoms with E-state index in [-0.39, 0.29) is 15.7 Å². The molecule has 1 aromatic carbocycles. The van der Waals surface area contributed by atoms with Gasteiger partial charge in [-0.2, -0.15) is 5.26 Å². The predicted octanol–water partition coefficient (Wildman–Crippen LogP) is 1.93. The van der Waals surface area contributed by atoms with E-state index >= 15 is 0 Å². The minimum absolute atomic E-state index is 0.125. The van der Waals surface area contributed by atoms with Gasteiger partial charge in [-0.05, 0) is 22.0 Å². The molecule has 0 unspecified atom stereocenters. The lowest BCUT2D eigenvalue weighted by Gasteiger charge is -2.01. The Morgan fingerprint density at radius 3 is 2.60 bits per heavy atom. The topological polar surface area (TPSA) is 104 Å². The van der Waals surface area contributed by atoms with Crippen LogP contribution >= 0.6 is 15.9 Å². The summed E-state index contributed by atoms with van der Waals surface area (Å²) in [7, 11) is 0. The molecule has 7 heteroatoms. The van der Waals surface area contributed by atoms with Gasteiger partial charge >= 0.3 is 5.97 Å². The van der Waals surface area contributed by atoms with Crippen LogP contribution in [0.15, 0.2) is 16.6 Å². The number of halogens is 1. The van der Waals surface area contributed by atoms with Crippen LogP contribution in [0.3, 0.4) is 0 Å². The average molecular weight is 271 g/mol. The zero-order chi connectivity index (χ0) is 11.6. The molecule has 0 bridgehead atoms. The van der Waals surface area contributed by atoms with E-state index in [9.17, 15) is 14.9 Å². The standard InChI is InChI=1S/C8H3BrN2O4/c9-7-5(11(14)15)2-1-4(3-10)6(7)8(12)13/h1-2H,(H,12,13). The SMILES string of the molecule is N#Cc1ccc([N+](=O)[O-])c(Br)c1C(=O)O. The predicted molar refractivity (Wildman–Crippen MR) is 52.5 cm³/mol. The first-order valence-corrected chi connectivity index (χ1v) is 4.38. The fourth-order valence-electron chi connectivity index (χ4n) is 1.01. The van der Waals surface area contributed by atoms with Crippen molar-refractivity contribution >= 4 is 27.6 Å². The molecular weight excluding hydrogens is 268 g/mol. The zero-order valence-corrected chi connectivity index (χ0v) is 8.69. The number of nitrogens with zero attached hydrogens (tertiary/aromatic N) is 2. The second-order valence-electron chi connectivity index (χ2n) is 2.50. The summed E-state index contributed by atoms with van der Waals surface area (Å²) in [6.07, 6.45) is 0. The third kappa shape index (κ3) is 1.94. The molecule has 6 nitrogen and oxygen atoms in total. The second kappa shape index (κ2) is 4.06. The normalized spacial score (nSPS) is 9.33. The van der Waals surface area contributed by atoms with Crippen molar-refractivity contribution in [2.24, 2.45) is 0 Å². The largest absolute Gasteiger partial charge is 0.478 e. The highest BCUT2D eigenvalue weighted by molar-refractivity contribution is 9.10. The Morgan fingerprint density at radius 1 is 1.60 bits per heavy atom. The van der Waals surface area contributed by atoms with Gasteiger partial charge in [0, 0.05) is 6.07 Å². The van der Waals surface area contributed by atoms with E-state index in [4.69, 9.17) is 10.4 Å². The number of hydrogen-bond donors (Lipinski definition) is 1. The Bertz CT molecular complexity index is 492. The number of carboxylic acids is 1. The number of nitriles is 1. The maximum atomic E-state index is 10.8. The summed E-state index contributed by atoms with van der Waals surface area (Å²) in [6.45, 7) is 0. The van der Waals surface area contributed by atoms with Crippen LogP contribution in [-0.2, 0) is 0 Å². The van der Waals surface area contributed by atoms with Crippen molar-refractivity contribution in [2.45, 2.75) is 0 Å². The van der Waals surface area contributed by atoms with Crippen LogP contribution < -0.4 is 0 Å². The number of hydrogen-bond acceptors (Lipinski definition) is 4. The molecule has 0 aromatic heterocycles. The Morgan fingerprint density at radius 2 is 2.20 bits per heavy atom. The first kappa shape index (κ1) is 11.1. The Hall–Kier alpha value is -1.94. The number of carboxylic acid groups (broad SMARTS) is 1. The van der Waals surface area contributed by atoms with E-state index < -0.39 is 16.5 Å². The lowest BCUT2D eigenvalue weighted by molar-refractivity contribution is -0.385. The number of aromatic carboxylic acids is 1. The smallest absolute Gasteiger partial charge is 0.338 e. The molecule has 0 aliphatic heterocycles. The summed E-state index contributed by atoms with van der Waals surface area (Å²) >= 11 is 2.80. The molecule has 0 saturated heterocycles. The molecule has 0 saturated carbocycles. The van der Waals surface area contributed by atoms with Crippen LogP contribution in [0.25, 0.3) is 0 Å². The maximum absolute atomic E-state index is 10.8. The number of carbonyl (C=O) groups is 1. The molecule has 0 amide bonds. The van der Waals surface area contributed by atoms with Crippen molar-refractivity contribution in [3.8, 4) is 6.07 Å². The highest BCUT2D eigenvalue weighted by Gasteiger charge is 2.23. The minimum Gasteiger partial charge on any atom is -0.478 e. The van der Waals surface area contributed by atoms with Gasteiger partial charge in [-0.15, -0.1) is 0 Å². The van der Waals surface area contributed by atoms with Crippen molar-refractivity contribution in [1.82, 2.24) is 0 Å². The molecule has 1 aromatic rings. The summed E-state index contributed by atoms with van der Waals surface area (Å²) in [5.74, 6) is -1.39. The van der Waals surface area contributed by atoms with Crippen molar-refractivity contribution in [3.05, 3.63) is 37.8 Å². The lowest BCUT2D eigenvalue weighted by atomic mass is 10.1. The summed E-state index contributed by atoms with van der Waals surface area (Å²) in [6, 6.07) is 3.83. The number of benzene rings is 1. The van der Waals surface area contributed by atoms with Crippen LogP contribution in [0.1, 0.15) is 15.9 Å². The van der Waals surface area contributed by atoms with Crippen molar-refractivity contribution < 1.29 is 14.8 Å². The van der Waals surface area contributed by atoms with Crippen LogP contribution in [0.2, 0.25) is 0 Å².